The number of benzene rings is 2. The number of likely N-dealkylation sites (tertiary alicyclic amines) is 1. The summed E-state index contributed by atoms with van der Waals surface area (Å²) in [4.78, 5) is 31.1. The molecule has 1 heterocycles. The lowest BCUT2D eigenvalue weighted by Gasteiger charge is -2.28. The van der Waals surface area contributed by atoms with Crippen molar-refractivity contribution >= 4 is 17.6 Å². The first-order valence-corrected chi connectivity index (χ1v) is 12.2. The molecule has 1 saturated heterocycles. The van der Waals surface area contributed by atoms with Crippen LogP contribution in [0.2, 0.25) is 0 Å². The Morgan fingerprint density at radius 2 is 1.57 bits per heavy atom. The molecule has 1 aliphatic rings. The second kappa shape index (κ2) is 10.2. The number of nitrogens with zero attached hydrogens (tertiary/aromatic N) is 2. The first kappa shape index (κ1) is 26.5. The minimum Gasteiger partial charge on any atom is -0.507 e. The van der Waals surface area contributed by atoms with Crippen LogP contribution in [0.3, 0.4) is 0 Å². The molecule has 1 atom stereocenters. The summed E-state index contributed by atoms with van der Waals surface area (Å²) in [5, 5.41) is 20.2. The zero-order chi connectivity index (χ0) is 26.0. The topological polar surface area (TPSA) is 90.2 Å². The largest absolute Gasteiger partial charge is 0.507 e. The number of ketones is 1. The minimum atomic E-state index is -0.989. The van der Waals surface area contributed by atoms with Crippen molar-refractivity contribution in [2.24, 2.45) is 10.9 Å². The number of aliphatic imine (C=N–C) groups is 1. The molecule has 2 aromatic rings. The van der Waals surface area contributed by atoms with Crippen molar-refractivity contribution in [1.82, 2.24) is 4.90 Å². The minimum absolute atomic E-state index is 0.0654. The number of carboxylic acids is 1. The van der Waals surface area contributed by atoms with E-state index in [1.54, 1.807) is 12.1 Å². The molecular formula is C29H38N2O4. The van der Waals surface area contributed by atoms with Gasteiger partial charge in [0.15, 0.2) is 5.78 Å². The number of hydrogen-bond donors (Lipinski definition) is 2. The highest BCUT2D eigenvalue weighted by Crippen LogP contribution is 2.40. The van der Waals surface area contributed by atoms with Crippen LogP contribution >= 0.6 is 0 Å². The molecule has 0 aromatic heterocycles. The first-order valence-electron chi connectivity index (χ1n) is 12.2. The van der Waals surface area contributed by atoms with Crippen molar-refractivity contribution in [1.29, 1.82) is 0 Å². The van der Waals surface area contributed by atoms with Gasteiger partial charge in [-0.1, -0.05) is 71.9 Å². The van der Waals surface area contributed by atoms with E-state index in [0.29, 0.717) is 17.9 Å². The Kier molecular flexibility index (Phi) is 7.73. The Labute approximate surface area is 208 Å². The van der Waals surface area contributed by atoms with E-state index in [0.717, 1.165) is 29.5 Å². The Hall–Kier alpha value is -3.15. The Bertz CT molecular complexity index is 1070. The lowest BCUT2D eigenvalue weighted by atomic mass is 9.78. The molecule has 6 nitrogen and oxygen atoms in total. The molecule has 0 amide bonds. The molecule has 2 aromatic carbocycles. The highest BCUT2D eigenvalue weighted by molar-refractivity contribution is 6.01. The van der Waals surface area contributed by atoms with E-state index in [9.17, 15) is 19.8 Å². The second-order valence-corrected chi connectivity index (χ2v) is 11.5. The Morgan fingerprint density at radius 3 is 2.09 bits per heavy atom. The lowest BCUT2D eigenvalue weighted by Crippen LogP contribution is -2.34. The third-order valence-electron chi connectivity index (χ3n) is 6.52. The van der Waals surface area contributed by atoms with Gasteiger partial charge in [-0.2, -0.15) is 0 Å². The summed E-state index contributed by atoms with van der Waals surface area (Å²) in [5.41, 5.74) is 2.55. The van der Waals surface area contributed by atoms with Crippen LogP contribution in [0, 0.1) is 5.92 Å². The van der Waals surface area contributed by atoms with Gasteiger partial charge in [0.25, 0.3) is 0 Å². The summed E-state index contributed by atoms with van der Waals surface area (Å²) in [6.45, 7) is 12.6. The monoisotopic (exact) mass is 478 g/mol. The number of carbonyl (C=O) groups is 2. The highest BCUT2D eigenvalue weighted by Gasteiger charge is 2.32. The van der Waals surface area contributed by atoms with E-state index < -0.39 is 5.97 Å². The van der Waals surface area contributed by atoms with E-state index in [1.807, 2.05) is 64.6 Å². The third kappa shape index (κ3) is 6.50. The number of carbonyl (C=O) groups excluding carboxylic acids is 1. The van der Waals surface area contributed by atoms with Crippen LogP contribution in [0.25, 0.3) is 0 Å². The highest BCUT2D eigenvalue weighted by atomic mass is 16.4. The van der Waals surface area contributed by atoms with Crippen LogP contribution in [-0.4, -0.2) is 52.3 Å². The van der Waals surface area contributed by atoms with Crippen LogP contribution in [-0.2, 0) is 22.0 Å². The van der Waals surface area contributed by atoms with Crippen LogP contribution in [0.5, 0.6) is 5.75 Å². The molecule has 2 N–H and O–H groups in total. The summed E-state index contributed by atoms with van der Waals surface area (Å²) in [6, 6.07) is 13.7. The molecule has 6 heteroatoms. The fourth-order valence-corrected chi connectivity index (χ4v) is 4.65. The smallest absolute Gasteiger partial charge is 0.325 e. The summed E-state index contributed by atoms with van der Waals surface area (Å²) in [6.07, 6.45) is 1.57. The van der Waals surface area contributed by atoms with Gasteiger partial charge < -0.3 is 15.1 Å². The van der Waals surface area contributed by atoms with Gasteiger partial charge in [0.2, 0.25) is 0 Å². The van der Waals surface area contributed by atoms with Crippen molar-refractivity contribution < 1.29 is 19.8 Å². The normalized spacial score (nSPS) is 17.7. The number of carboxylic acid groups (broad SMARTS) is 1. The van der Waals surface area contributed by atoms with Gasteiger partial charge in [0.1, 0.15) is 18.1 Å². The third-order valence-corrected chi connectivity index (χ3v) is 6.52. The van der Waals surface area contributed by atoms with Gasteiger partial charge in [-0.15, -0.1) is 0 Å². The summed E-state index contributed by atoms with van der Waals surface area (Å²) < 4.78 is 0. The molecule has 35 heavy (non-hydrogen) atoms. The zero-order valence-corrected chi connectivity index (χ0v) is 21.8. The van der Waals surface area contributed by atoms with E-state index >= 15 is 0 Å². The average molecular weight is 479 g/mol. The van der Waals surface area contributed by atoms with Crippen LogP contribution in [0.15, 0.2) is 47.5 Å². The number of Topliss-reactive ketones (excluding diaryl/α,β-unsaturated/α-hetero) is 1. The fraction of sp³-hybridized carbons (Fsp3) is 0.483. The maximum Gasteiger partial charge on any atom is 0.325 e. The fourth-order valence-electron chi connectivity index (χ4n) is 4.65. The van der Waals surface area contributed by atoms with E-state index in [4.69, 9.17) is 0 Å². The molecule has 0 unspecified atom stereocenters. The van der Waals surface area contributed by atoms with Crippen molar-refractivity contribution in [2.45, 2.75) is 65.2 Å². The maximum absolute atomic E-state index is 13.5. The summed E-state index contributed by atoms with van der Waals surface area (Å²) in [7, 11) is 0. The van der Waals surface area contributed by atoms with Gasteiger partial charge in [-0.3, -0.25) is 14.6 Å². The number of amidine groups is 1. The predicted molar refractivity (Wildman–Crippen MR) is 140 cm³/mol. The van der Waals surface area contributed by atoms with Crippen molar-refractivity contribution in [3.8, 4) is 5.75 Å². The summed E-state index contributed by atoms with van der Waals surface area (Å²) in [5.74, 6) is -0.0498. The Balaban J connectivity index is 1.91. The van der Waals surface area contributed by atoms with E-state index in [-0.39, 0.29) is 41.4 Å². The molecule has 0 aliphatic carbocycles. The number of rotatable bonds is 7. The maximum atomic E-state index is 13.5. The number of aliphatic carboxylic acids is 1. The molecule has 0 radical (unpaired) electrons. The van der Waals surface area contributed by atoms with Gasteiger partial charge in [-0.05, 0) is 41.4 Å². The van der Waals surface area contributed by atoms with Gasteiger partial charge in [-0.25, -0.2) is 0 Å². The van der Waals surface area contributed by atoms with Crippen molar-refractivity contribution in [3.05, 3.63) is 64.7 Å². The standard InChI is InChI=1S/C29H38N2O4/c1-28(2,3)22-15-21(16-23(26(22)35)29(4,5)6)24(32)18-31-13-12-20(27(31)30-17-25(33)34)14-19-10-8-7-9-11-19/h7-11,15-16,20,35H,12-14,17-18H2,1-6H3,(H,33,34)/t20-/m0/s1. The molecule has 1 aliphatic heterocycles. The molecule has 1 fully saturated rings. The average Bonchev–Trinajstić information content (AvgIpc) is 3.12. The lowest BCUT2D eigenvalue weighted by molar-refractivity contribution is -0.135. The van der Waals surface area contributed by atoms with Gasteiger partial charge in [0, 0.05) is 29.2 Å². The van der Waals surface area contributed by atoms with Crippen molar-refractivity contribution in [2.75, 3.05) is 19.6 Å². The van der Waals surface area contributed by atoms with Crippen molar-refractivity contribution in [3.63, 3.8) is 0 Å². The molecule has 3 rings (SSSR count). The van der Waals surface area contributed by atoms with Gasteiger partial charge >= 0.3 is 5.97 Å². The number of aromatic hydroxyl groups is 1. The Morgan fingerprint density at radius 1 is 1.00 bits per heavy atom. The number of phenols is 1. The zero-order valence-electron chi connectivity index (χ0n) is 21.8. The van der Waals surface area contributed by atoms with Crippen LogP contribution in [0.1, 0.15) is 75.0 Å². The molecule has 0 spiro atoms. The van der Waals surface area contributed by atoms with Crippen LogP contribution < -0.4 is 0 Å². The second-order valence-electron chi connectivity index (χ2n) is 11.5. The molecule has 0 saturated carbocycles. The quantitative estimate of drug-likeness (QED) is 0.533. The SMILES string of the molecule is CC(C)(C)c1cc(C(=O)CN2CC[C@@H](Cc3ccccc3)C2=NCC(=O)O)cc(C(C)(C)C)c1O. The van der Waals surface area contributed by atoms with E-state index in [2.05, 4.69) is 17.1 Å². The predicted octanol–water partition coefficient (Wildman–Crippen LogP) is 5.22. The molecule has 188 valence electrons. The number of phenolic OH excluding ortho intramolecular Hbond substituents is 1. The van der Waals surface area contributed by atoms with E-state index in [1.165, 1.54) is 0 Å². The first-order chi connectivity index (χ1) is 16.3. The molecule has 0 bridgehead atoms. The summed E-state index contributed by atoms with van der Waals surface area (Å²) >= 11 is 0. The number of hydrogen-bond acceptors (Lipinski definition) is 4. The van der Waals surface area contributed by atoms with Crippen LogP contribution in [0.4, 0.5) is 0 Å². The van der Waals surface area contributed by atoms with Gasteiger partial charge in [0.05, 0.1) is 6.54 Å². The molecular weight excluding hydrogens is 440 g/mol.